The fourth-order valence-corrected chi connectivity index (χ4v) is 8.38. The lowest BCUT2D eigenvalue weighted by Crippen LogP contribution is -2.48. The fraction of sp³-hybridized carbons (Fsp3) is 0.538. The Morgan fingerprint density at radius 2 is 1.69 bits per heavy atom. The molecule has 49 heavy (non-hydrogen) atoms. The molecule has 3 aromatic rings. The van der Waals surface area contributed by atoms with Crippen molar-refractivity contribution in [3.63, 3.8) is 0 Å². The van der Waals surface area contributed by atoms with Crippen molar-refractivity contribution in [2.75, 3.05) is 6.54 Å². The number of benzene rings is 1. The number of nitrogens with one attached hydrogen (secondary N) is 2. The van der Waals surface area contributed by atoms with Crippen molar-refractivity contribution in [1.82, 2.24) is 20.6 Å². The number of aliphatic hydroxyl groups excluding tert-OH is 1. The molecule has 2 aromatic heterocycles. The minimum atomic E-state index is -1.40. The molecule has 0 saturated heterocycles. The summed E-state index contributed by atoms with van der Waals surface area (Å²) in [4.78, 5) is 47.9. The molecule has 1 spiro atoms. The molecule has 1 aromatic carbocycles. The Kier molecular flexibility index (Phi) is 10.7. The van der Waals surface area contributed by atoms with E-state index in [0.29, 0.717) is 10.7 Å². The maximum Gasteiger partial charge on any atom is 0.262 e. The van der Waals surface area contributed by atoms with Gasteiger partial charge in [-0.05, 0) is 109 Å². The lowest BCUT2D eigenvalue weighted by atomic mass is 9.70. The number of nitrogens with zero attached hydrogens (tertiary/aromatic N) is 3. The highest BCUT2D eigenvalue weighted by Crippen LogP contribution is 2.58. The number of hydrogen-bond donors (Lipinski definition) is 3. The van der Waals surface area contributed by atoms with E-state index in [-0.39, 0.29) is 30.7 Å². The first-order chi connectivity index (χ1) is 23.5. The van der Waals surface area contributed by atoms with Gasteiger partial charge in [0.05, 0.1) is 4.88 Å². The molecule has 2 saturated carbocycles. The molecule has 6 rings (SSSR count). The van der Waals surface area contributed by atoms with Gasteiger partial charge in [-0.25, -0.2) is 9.97 Å². The van der Waals surface area contributed by atoms with E-state index in [1.54, 1.807) is 6.07 Å². The molecule has 3 unspecified atom stereocenters. The van der Waals surface area contributed by atoms with Crippen LogP contribution >= 0.6 is 11.3 Å². The Morgan fingerprint density at radius 1 is 0.980 bits per heavy atom. The lowest BCUT2D eigenvalue weighted by Gasteiger charge is -2.35. The van der Waals surface area contributed by atoms with Gasteiger partial charge in [-0.1, -0.05) is 51.1 Å². The van der Waals surface area contributed by atoms with Crippen LogP contribution < -0.4 is 10.6 Å². The van der Waals surface area contributed by atoms with Crippen molar-refractivity contribution in [1.29, 1.82) is 0 Å². The van der Waals surface area contributed by atoms with Crippen molar-refractivity contribution in [3.05, 3.63) is 80.7 Å². The molecule has 0 aliphatic heterocycles. The molecule has 0 bridgehead atoms. The van der Waals surface area contributed by atoms with Crippen LogP contribution in [0.3, 0.4) is 0 Å². The van der Waals surface area contributed by atoms with Crippen LogP contribution in [0, 0.1) is 22.2 Å². The predicted octanol–water partition coefficient (Wildman–Crippen LogP) is 7.59. The SMILES string of the molecule is CC(C)(C)c1ccc(C(=O)NC(Cc2ccc(-c3ncc(C4=CCC(C5CCC6(CC5)CC6)CC4)cn3)cc2)C(=O)NCCC(O)N=O)s1. The first-order valence-electron chi connectivity index (χ1n) is 17.8. The summed E-state index contributed by atoms with van der Waals surface area (Å²) >= 11 is 1.41. The van der Waals surface area contributed by atoms with E-state index in [1.165, 1.54) is 68.3 Å². The molecular formula is C39H49N5O4S. The molecule has 260 valence electrons. The quantitative estimate of drug-likeness (QED) is 0.169. The Balaban J connectivity index is 1.07. The van der Waals surface area contributed by atoms with E-state index in [1.807, 2.05) is 42.7 Å². The van der Waals surface area contributed by atoms with E-state index in [4.69, 9.17) is 9.97 Å². The largest absolute Gasteiger partial charge is 0.369 e. The first kappa shape index (κ1) is 35.1. The summed E-state index contributed by atoms with van der Waals surface area (Å²) in [5.41, 5.74) is 4.83. The van der Waals surface area contributed by atoms with E-state index in [2.05, 4.69) is 42.7 Å². The predicted molar refractivity (Wildman–Crippen MR) is 194 cm³/mol. The monoisotopic (exact) mass is 683 g/mol. The summed E-state index contributed by atoms with van der Waals surface area (Å²) in [5.74, 6) is 1.62. The molecule has 2 fully saturated rings. The van der Waals surface area contributed by atoms with Crippen molar-refractivity contribution < 1.29 is 14.7 Å². The highest BCUT2D eigenvalue weighted by molar-refractivity contribution is 7.14. The highest BCUT2D eigenvalue weighted by atomic mass is 32.1. The van der Waals surface area contributed by atoms with E-state index in [9.17, 15) is 19.6 Å². The number of aliphatic hydroxyl groups is 1. The number of allylic oxidation sites excluding steroid dienone is 2. The molecule has 3 aliphatic carbocycles. The maximum atomic E-state index is 13.2. The molecule has 9 nitrogen and oxygen atoms in total. The van der Waals surface area contributed by atoms with Crippen LogP contribution in [0.4, 0.5) is 0 Å². The van der Waals surface area contributed by atoms with Gasteiger partial charge < -0.3 is 15.7 Å². The minimum absolute atomic E-state index is 0.0119. The molecule has 2 amide bonds. The third-order valence-corrected chi connectivity index (χ3v) is 12.4. The van der Waals surface area contributed by atoms with Crippen molar-refractivity contribution in [2.24, 2.45) is 22.4 Å². The summed E-state index contributed by atoms with van der Waals surface area (Å²) in [6, 6.07) is 10.6. The molecule has 3 atom stereocenters. The van der Waals surface area contributed by atoms with Crippen molar-refractivity contribution in [2.45, 2.75) is 109 Å². The van der Waals surface area contributed by atoms with Crippen LogP contribution in [-0.2, 0) is 16.6 Å². The Hall–Kier alpha value is -3.76. The van der Waals surface area contributed by atoms with Crippen molar-refractivity contribution >= 4 is 28.7 Å². The second-order valence-corrected chi connectivity index (χ2v) is 16.5. The second-order valence-electron chi connectivity index (χ2n) is 15.4. The van der Waals surface area contributed by atoms with Crippen LogP contribution in [0.5, 0.6) is 0 Å². The zero-order valence-electron chi connectivity index (χ0n) is 28.9. The maximum absolute atomic E-state index is 13.2. The number of hydrogen-bond acceptors (Lipinski definition) is 8. The molecule has 3 aliphatic rings. The third kappa shape index (κ3) is 8.89. The van der Waals surface area contributed by atoms with Gasteiger partial charge in [0.2, 0.25) is 5.91 Å². The zero-order chi connectivity index (χ0) is 34.6. The van der Waals surface area contributed by atoms with Crippen LogP contribution in [0.15, 0.2) is 60.0 Å². The van der Waals surface area contributed by atoms with Crippen molar-refractivity contribution in [3.8, 4) is 11.4 Å². The molecule has 3 N–H and O–H groups in total. The van der Waals surface area contributed by atoms with Gasteiger partial charge in [0.25, 0.3) is 5.91 Å². The van der Waals surface area contributed by atoms with Gasteiger partial charge in [0.15, 0.2) is 12.1 Å². The third-order valence-electron chi connectivity index (χ3n) is 10.9. The molecular weight excluding hydrogens is 635 g/mol. The number of aromatic nitrogens is 2. The van der Waals surface area contributed by atoms with Gasteiger partial charge in [-0.15, -0.1) is 16.2 Å². The Morgan fingerprint density at radius 3 is 2.29 bits per heavy atom. The average molecular weight is 684 g/mol. The number of carbonyl (C=O) groups excluding carboxylic acids is 2. The van der Waals surface area contributed by atoms with Crippen LogP contribution in [0.1, 0.15) is 111 Å². The zero-order valence-corrected chi connectivity index (χ0v) is 29.7. The normalized spacial score (nSPS) is 20.2. The fourth-order valence-electron chi connectivity index (χ4n) is 7.42. The topological polar surface area (TPSA) is 134 Å². The van der Waals surface area contributed by atoms with Crippen LogP contribution in [0.25, 0.3) is 17.0 Å². The smallest absolute Gasteiger partial charge is 0.262 e. The van der Waals surface area contributed by atoms with E-state index in [0.717, 1.165) is 45.2 Å². The number of rotatable bonds is 12. The summed E-state index contributed by atoms with van der Waals surface area (Å²) in [7, 11) is 0. The molecule has 0 radical (unpaired) electrons. The summed E-state index contributed by atoms with van der Waals surface area (Å²) in [6.45, 7) is 6.32. The average Bonchev–Trinajstić information content (AvgIpc) is 3.64. The van der Waals surface area contributed by atoms with Gasteiger partial charge in [0.1, 0.15) is 6.04 Å². The summed E-state index contributed by atoms with van der Waals surface area (Å²) in [6.07, 6.45) is 17.3. The minimum Gasteiger partial charge on any atom is -0.369 e. The van der Waals surface area contributed by atoms with E-state index < -0.39 is 18.2 Å². The van der Waals surface area contributed by atoms with Gasteiger partial charge in [-0.3, -0.25) is 9.59 Å². The number of nitroso groups, excluding NO2 is 1. The van der Waals surface area contributed by atoms with E-state index >= 15 is 0 Å². The first-order valence-corrected chi connectivity index (χ1v) is 18.6. The molecule has 2 heterocycles. The second kappa shape index (κ2) is 15.0. The summed E-state index contributed by atoms with van der Waals surface area (Å²) in [5, 5.41) is 17.6. The standard InChI is InChI=1S/C39H49N5O4S/c1-38(2,3)33-13-12-32(49-33)37(47)43-31(36(46)40-21-16-34(45)44-48)22-25-4-6-29(7-5-25)35-41-23-30(24-42-35)27-10-8-26(9-11-27)28-14-17-39(18-15-28)19-20-39/h4-7,10,12-13,23-24,26,28,31,34,45H,8-9,11,14-22H2,1-3H3,(H,40,46)(H,43,47). The van der Waals surface area contributed by atoms with Gasteiger partial charge in [-0.2, -0.15) is 0 Å². The Bertz CT molecular complexity index is 1650. The van der Waals surface area contributed by atoms with Crippen LogP contribution in [0.2, 0.25) is 0 Å². The molecule has 10 heteroatoms. The van der Waals surface area contributed by atoms with Gasteiger partial charge >= 0.3 is 0 Å². The highest BCUT2D eigenvalue weighted by Gasteiger charge is 2.45. The van der Waals surface area contributed by atoms with Crippen LogP contribution in [-0.4, -0.2) is 45.7 Å². The number of carbonyl (C=O) groups is 2. The Labute approximate surface area is 293 Å². The number of thiophene rings is 1. The van der Waals surface area contributed by atoms with Gasteiger partial charge in [0, 0.05) is 47.8 Å². The summed E-state index contributed by atoms with van der Waals surface area (Å²) < 4.78 is 0. The number of amides is 2. The lowest BCUT2D eigenvalue weighted by molar-refractivity contribution is -0.123.